The predicted molar refractivity (Wildman–Crippen MR) is 135 cm³/mol. The number of nitrogens with zero attached hydrogens (tertiary/aromatic N) is 2. The lowest BCUT2D eigenvalue weighted by Gasteiger charge is -2.26. The van der Waals surface area contributed by atoms with Crippen LogP contribution in [0.5, 0.6) is 5.75 Å². The third kappa shape index (κ3) is 5.31. The summed E-state index contributed by atoms with van der Waals surface area (Å²) in [6.07, 6.45) is 1.32. The number of amides is 4. The van der Waals surface area contributed by atoms with Gasteiger partial charge in [0.15, 0.2) is 0 Å². The van der Waals surface area contributed by atoms with Crippen LogP contribution in [0.2, 0.25) is 0 Å². The van der Waals surface area contributed by atoms with Gasteiger partial charge in [0.05, 0.1) is 19.6 Å². The Bertz CT molecular complexity index is 1370. The number of halogens is 2. The maximum absolute atomic E-state index is 13.1. The molecule has 1 aliphatic heterocycles. The number of hydrogen-bond donors (Lipinski definition) is 1. The molecule has 3 aromatic carbocycles. The highest BCUT2D eigenvalue weighted by Crippen LogP contribution is 2.36. The van der Waals surface area contributed by atoms with Gasteiger partial charge in [-0.3, -0.25) is 25.0 Å². The zero-order valence-electron chi connectivity index (χ0n) is 17.7. The number of rotatable bonds is 6. The predicted octanol–water partition coefficient (Wildman–Crippen LogP) is 5.37. The summed E-state index contributed by atoms with van der Waals surface area (Å²) >= 11 is 6.90. The molecule has 9 nitrogen and oxygen atoms in total. The summed E-state index contributed by atoms with van der Waals surface area (Å²) in [5.74, 6) is -1.25. The van der Waals surface area contributed by atoms with E-state index < -0.39 is 22.8 Å². The number of nitro groups is 1. The van der Waals surface area contributed by atoms with Gasteiger partial charge >= 0.3 is 6.03 Å². The highest BCUT2D eigenvalue weighted by molar-refractivity contribution is 9.11. The molecule has 11 heteroatoms. The number of carbonyl (C=O) groups is 3. The molecule has 4 rings (SSSR count). The Morgan fingerprint density at radius 3 is 2.31 bits per heavy atom. The van der Waals surface area contributed by atoms with Crippen LogP contribution in [0, 0.1) is 10.1 Å². The van der Waals surface area contributed by atoms with E-state index in [-0.39, 0.29) is 16.9 Å². The number of barbiturate groups is 1. The number of carbonyl (C=O) groups excluding carboxylic acids is 3. The summed E-state index contributed by atoms with van der Waals surface area (Å²) in [4.78, 5) is 49.1. The molecule has 1 saturated heterocycles. The molecule has 0 aliphatic carbocycles. The van der Waals surface area contributed by atoms with Crippen molar-refractivity contribution in [3.8, 4) is 5.75 Å². The van der Waals surface area contributed by atoms with E-state index >= 15 is 0 Å². The van der Waals surface area contributed by atoms with Crippen molar-refractivity contribution in [1.82, 2.24) is 5.32 Å². The van der Waals surface area contributed by atoms with Crippen LogP contribution < -0.4 is 15.0 Å². The molecule has 0 aromatic heterocycles. The minimum atomic E-state index is -0.996. The van der Waals surface area contributed by atoms with E-state index in [2.05, 4.69) is 37.2 Å². The molecule has 35 heavy (non-hydrogen) atoms. The molecule has 176 valence electrons. The Morgan fingerprint density at radius 2 is 1.66 bits per heavy atom. The summed E-state index contributed by atoms with van der Waals surface area (Å²) in [6.45, 7) is 0.333. The normalized spacial score (nSPS) is 14.7. The Morgan fingerprint density at radius 1 is 0.971 bits per heavy atom. The third-order valence-electron chi connectivity index (χ3n) is 4.96. The monoisotopic (exact) mass is 599 g/mol. The van der Waals surface area contributed by atoms with E-state index in [0.29, 0.717) is 31.8 Å². The molecule has 1 N–H and O–H groups in total. The molecule has 0 radical (unpaired) electrons. The molecule has 3 aromatic rings. The fourth-order valence-electron chi connectivity index (χ4n) is 3.33. The van der Waals surface area contributed by atoms with Crippen LogP contribution in [0.3, 0.4) is 0 Å². The smallest absolute Gasteiger partial charge is 0.335 e. The first-order valence-electron chi connectivity index (χ1n) is 10.1. The standard InChI is InChI=1S/C24H15Br2N3O6/c25-19-10-15(11-20(26)21(19)35-13-14-5-2-1-3-6-14)9-18-22(30)27-24(32)28(23(18)31)16-7-4-8-17(12-16)29(33)34/h1-12H,13H2,(H,27,30,32)/b18-9+. The molecule has 1 fully saturated rings. The van der Waals surface area contributed by atoms with Gasteiger partial charge in [-0.25, -0.2) is 9.69 Å². The lowest BCUT2D eigenvalue weighted by molar-refractivity contribution is -0.384. The number of non-ortho nitro benzene ring substituents is 1. The number of ether oxygens (including phenoxy) is 1. The zero-order valence-corrected chi connectivity index (χ0v) is 20.9. The highest BCUT2D eigenvalue weighted by atomic mass is 79.9. The van der Waals surface area contributed by atoms with E-state index in [1.807, 2.05) is 30.3 Å². The van der Waals surface area contributed by atoms with Gasteiger partial charge in [0.2, 0.25) is 0 Å². The number of nitrogens with one attached hydrogen (secondary N) is 1. The van der Waals surface area contributed by atoms with E-state index in [1.165, 1.54) is 24.3 Å². The van der Waals surface area contributed by atoms with E-state index in [1.54, 1.807) is 12.1 Å². The minimum absolute atomic E-state index is 0.0351. The Kier molecular flexibility index (Phi) is 7.08. The first kappa shape index (κ1) is 24.3. The van der Waals surface area contributed by atoms with Gasteiger partial charge in [-0.2, -0.15) is 0 Å². The second-order valence-corrected chi connectivity index (χ2v) is 9.03. The number of hydrogen-bond acceptors (Lipinski definition) is 6. The van der Waals surface area contributed by atoms with Crippen LogP contribution in [0.25, 0.3) is 6.08 Å². The molecular weight excluding hydrogens is 586 g/mol. The van der Waals surface area contributed by atoms with E-state index in [4.69, 9.17) is 4.74 Å². The van der Waals surface area contributed by atoms with Crippen LogP contribution in [0.15, 0.2) is 81.2 Å². The van der Waals surface area contributed by atoms with Crippen molar-refractivity contribution in [2.75, 3.05) is 4.90 Å². The molecule has 4 amide bonds. The van der Waals surface area contributed by atoms with Crippen LogP contribution in [-0.2, 0) is 16.2 Å². The lowest BCUT2D eigenvalue weighted by Crippen LogP contribution is -2.54. The maximum atomic E-state index is 13.1. The first-order chi connectivity index (χ1) is 16.7. The SMILES string of the molecule is O=C1NC(=O)N(c2cccc([N+](=O)[O-])c2)C(=O)/C1=C/c1cc(Br)c(OCc2ccccc2)c(Br)c1. The van der Waals surface area contributed by atoms with Gasteiger partial charge in [0, 0.05) is 12.1 Å². The first-order valence-corrected chi connectivity index (χ1v) is 11.6. The molecule has 0 saturated carbocycles. The van der Waals surface area contributed by atoms with Crippen molar-refractivity contribution in [3.05, 3.63) is 102 Å². The fraction of sp³-hybridized carbons (Fsp3) is 0.0417. The number of benzene rings is 3. The van der Waals surface area contributed by atoms with Gasteiger partial charge in [0.25, 0.3) is 17.5 Å². The van der Waals surface area contributed by atoms with E-state index in [9.17, 15) is 24.5 Å². The maximum Gasteiger partial charge on any atom is 0.335 e. The average Bonchev–Trinajstić information content (AvgIpc) is 2.82. The third-order valence-corrected chi connectivity index (χ3v) is 6.14. The number of anilines is 1. The molecule has 0 spiro atoms. The minimum Gasteiger partial charge on any atom is -0.487 e. The number of imide groups is 2. The Labute approximate surface area is 215 Å². The van der Waals surface area contributed by atoms with Crippen molar-refractivity contribution in [2.24, 2.45) is 0 Å². The zero-order chi connectivity index (χ0) is 25.1. The highest BCUT2D eigenvalue weighted by Gasteiger charge is 2.37. The van der Waals surface area contributed by atoms with Crippen molar-refractivity contribution in [1.29, 1.82) is 0 Å². The quantitative estimate of drug-likeness (QED) is 0.176. The van der Waals surface area contributed by atoms with E-state index in [0.717, 1.165) is 11.6 Å². The number of nitro benzene ring substituents is 1. The summed E-state index contributed by atoms with van der Waals surface area (Å²) in [6, 6.07) is 16.9. The Hall–Kier alpha value is -3.83. The summed E-state index contributed by atoms with van der Waals surface area (Å²) in [5, 5.41) is 13.2. The van der Waals surface area contributed by atoms with Crippen LogP contribution >= 0.6 is 31.9 Å². The van der Waals surface area contributed by atoms with Crippen LogP contribution in [0.1, 0.15) is 11.1 Å². The molecule has 0 atom stereocenters. The van der Waals surface area contributed by atoms with Crippen molar-refractivity contribution in [3.63, 3.8) is 0 Å². The van der Waals surface area contributed by atoms with Crippen LogP contribution in [-0.4, -0.2) is 22.8 Å². The van der Waals surface area contributed by atoms with Gasteiger partial charge in [-0.1, -0.05) is 36.4 Å². The van der Waals surface area contributed by atoms with Crippen LogP contribution in [0.4, 0.5) is 16.2 Å². The molecule has 1 heterocycles. The second-order valence-electron chi connectivity index (χ2n) is 7.32. The fourth-order valence-corrected chi connectivity index (χ4v) is 4.79. The van der Waals surface area contributed by atoms with Gasteiger partial charge in [-0.15, -0.1) is 0 Å². The lowest BCUT2D eigenvalue weighted by atomic mass is 10.1. The molecule has 0 unspecified atom stereocenters. The van der Waals surface area contributed by atoms with Crippen molar-refractivity contribution >= 4 is 67.2 Å². The van der Waals surface area contributed by atoms with Gasteiger partial charge in [-0.05, 0) is 67.3 Å². The average molecular weight is 601 g/mol. The largest absolute Gasteiger partial charge is 0.487 e. The van der Waals surface area contributed by atoms with Crippen molar-refractivity contribution in [2.45, 2.75) is 6.61 Å². The topological polar surface area (TPSA) is 119 Å². The molecule has 1 aliphatic rings. The second kappa shape index (κ2) is 10.2. The summed E-state index contributed by atoms with van der Waals surface area (Å²) in [5.41, 5.74) is 0.806. The summed E-state index contributed by atoms with van der Waals surface area (Å²) in [7, 11) is 0. The van der Waals surface area contributed by atoms with Gasteiger partial charge in [0.1, 0.15) is 17.9 Å². The molecule has 0 bridgehead atoms. The van der Waals surface area contributed by atoms with Gasteiger partial charge < -0.3 is 4.74 Å². The molecular formula is C24H15Br2N3O6. The summed E-state index contributed by atoms with van der Waals surface area (Å²) < 4.78 is 7.04. The number of urea groups is 1. The Balaban J connectivity index is 1.63. The van der Waals surface area contributed by atoms with Crippen molar-refractivity contribution < 1.29 is 24.0 Å².